The van der Waals surface area contributed by atoms with Crippen molar-refractivity contribution in [1.29, 1.82) is 0 Å². The Morgan fingerprint density at radius 1 is 1.37 bits per heavy atom. The van der Waals surface area contributed by atoms with Crippen LogP contribution in [-0.2, 0) is 0 Å². The first-order chi connectivity index (χ1) is 9.08. The third-order valence-corrected chi connectivity index (χ3v) is 2.29. The molecule has 1 rings (SSSR count). The van der Waals surface area contributed by atoms with Crippen molar-refractivity contribution in [3.05, 3.63) is 59.7 Å². The molecule has 1 N–H and O–H groups in total. The number of rotatable bonds is 6. The summed E-state index contributed by atoms with van der Waals surface area (Å²) in [5.41, 5.74) is 0.300. The van der Waals surface area contributed by atoms with Gasteiger partial charge in [-0.3, -0.25) is 10.1 Å². The zero-order valence-electron chi connectivity index (χ0n) is 10.4. The number of non-ortho nitro benzene ring substituents is 1. The molecule has 0 unspecified atom stereocenters. The number of urea groups is 1. The van der Waals surface area contributed by atoms with Crippen LogP contribution in [0.3, 0.4) is 0 Å². The molecule has 6 nitrogen and oxygen atoms in total. The lowest BCUT2D eigenvalue weighted by Gasteiger charge is -2.19. The molecule has 6 heteroatoms. The van der Waals surface area contributed by atoms with E-state index >= 15 is 0 Å². The molecule has 1 aromatic rings. The van der Waals surface area contributed by atoms with Crippen LogP contribution in [0.5, 0.6) is 0 Å². The first kappa shape index (κ1) is 14.4. The van der Waals surface area contributed by atoms with Crippen LogP contribution >= 0.6 is 0 Å². The average molecular weight is 261 g/mol. The second-order valence-electron chi connectivity index (χ2n) is 3.72. The van der Waals surface area contributed by atoms with E-state index < -0.39 is 4.92 Å². The van der Waals surface area contributed by atoms with Crippen molar-refractivity contribution in [2.24, 2.45) is 0 Å². The normalized spacial score (nSPS) is 9.47. The van der Waals surface area contributed by atoms with Crippen molar-refractivity contribution in [2.45, 2.75) is 0 Å². The van der Waals surface area contributed by atoms with Crippen molar-refractivity contribution in [3.63, 3.8) is 0 Å². The molecule has 0 radical (unpaired) electrons. The van der Waals surface area contributed by atoms with Crippen LogP contribution in [0.25, 0.3) is 0 Å². The van der Waals surface area contributed by atoms with E-state index in [2.05, 4.69) is 18.5 Å². The Balaban J connectivity index is 2.79. The van der Waals surface area contributed by atoms with E-state index in [1.54, 1.807) is 18.2 Å². The summed E-state index contributed by atoms with van der Waals surface area (Å²) in [4.78, 5) is 23.5. The minimum Gasteiger partial charge on any atom is -0.317 e. The molecule has 0 aliphatic rings. The van der Waals surface area contributed by atoms with Gasteiger partial charge in [-0.05, 0) is 6.07 Å². The van der Waals surface area contributed by atoms with Crippen LogP contribution in [0.4, 0.5) is 16.2 Å². The number of hydrogen-bond acceptors (Lipinski definition) is 3. The van der Waals surface area contributed by atoms with Gasteiger partial charge in [-0.25, -0.2) is 4.79 Å². The fraction of sp³-hybridized carbons (Fsp3) is 0.154. The molecule has 0 aromatic heterocycles. The highest BCUT2D eigenvalue weighted by atomic mass is 16.6. The summed E-state index contributed by atoms with van der Waals surface area (Å²) < 4.78 is 0. The van der Waals surface area contributed by atoms with Crippen molar-refractivity contribution < 1.29 is 9.72 Å². The Bertz CT molecular complexity index is 490. The first-order valence-electron chi connectivity index (χ1n) is 5.60. The molecule has 0 saturated heterocycles. The van der Waals surface area contributed by atoms with E-state index in [1.807, 2.05) is 0 Å². The Labute approximate surface area is 111 Å². The summed E-state index contributed by atoms with van der Waals surface area (Å²) in [5, 5.41) is 13.2. The summed E-state index contributed by atoms with van der Waals surface area (Å²) in [5.74, 6) is 0. The van der Waals surface area contributed by atoms with E-state index in [9.17, 15) is 14.9 Å². The number of nitrogens with one attached hydrogen (secondary N) is 1. The van der Waals surface area contributed by atoms with Gasteiger partial charge in [0.2, 0.25) is 0 Å². The highest BCUT2D eigenvalue weighted by molar-refractivity contribution is 5.89. The second kappa shape index (κ2) is 6.95. The maximum atomic E-state index is 11.9. The topological polar surface area (TPSA) is 75.5 Å². The number of amides is 2. The Morgan fingerprint density at radius 3 is 2.53 bits per heavy atom. The lowest BCUT2D eigenvalue weighted by molar-refractivity contribution is -0.384. The third kappa shape index (κ3) is 4.27. The minimum atomic E-state index is -0.513. The molecule has 2 amide bonds. The largest absolute Gasteiger partial charge is 0.322 e. The maximum Gasteiger partial charge on any atom is 0.322 e. The second-order valence-corrected chi connectivity index (χ2v) is 3.72. The van der Waals surface area contributed by atoms with Gasteiger partial charge in [0, 0.05) is 30.9 Å². The van der Waals surface area contributed by atoms with Crippen LogP contribution < -0.4 is 5.32 Å². The quantitative estimate of drug-likeness (QED) is 0.486. The lowest BCUT2D eigenvalue weighted by atomic mass is 10.3. The summed E-state index contributed by atoms with van der Waals surface area (Å²) in [7, 11) is 0. The molecule has 0 saturated carbocycles. The number of benzene rings is 1. The molecule has 0 atom stereocenters. The van der Waals surface area contributed by atoms with Gasteiger partial charge in [-0.2, -0.15) is 0 Å². The van der Waals surface area contributed by atoms with Gasteiger partial charge in [0.15, 0.2) is 0 Å². The summed E-state index contributed by atoms with van der Waals surface area (Å²) in [6.45, 7) is 7.86. The fourth-order valence-electron chi connectivity index (χ4n) is 1.45. The number of nitro groups is 1. The molecule has 0 fully saturated rings. The molecular weight excluding hydrogens is 246 g/mol. The predicted octanol–water partition coefficient (Wildman–Crippen LogP) is 2.80. The fourth-order valence-corrected chi connectivity index (χ4v) is 1.45. The first-order valence-corrected chi connectivity index (χ1v) is 5.60. The van der Waals surface area contributed by atoms with Gasteiger partial charge in [-0.1, -0.05) is 18.2 Å². The highest BCUT2D eigenvalue weighted by Gasteiger charge is 2.12. The van der Waals surface area contributed by atoms with Crippen LogP contribution in [0, 0.1) is 10.1 Å². The molecule has 19 heavy (non-hydrogen) atoms. The number of nitrogens with zero attached hydrogens (tertiary/aromatic N) is 2. The van der Waals surface area contributed by atoms with Crippen LogP contribution in [0.15, 0.2) is 49.6 Å². The van der Waals surface area contributed by atoms with Crippen LogP contribution in [-0.4, -0.2) is 28.9 Å². The Kier molecular flexibility index (Phi) is 5.28. The number of carbonyl (C=O) groups excluding carboxylic acids is 1. The summed E-state index contributed by atoms with van der Waals surface area (Å²) in [6.07, 6.45) is 3.19. The average Bonchev–Trinajstić information content (AvgIpc) is 2.38. The SMILES string of the molecule is C=CCN(CC=C)C(=O)Nc1cccc([N+](=O)[O-])c1. The number of anilines is 1. The van der Waals surface area contributed by atoms with Crippen molar-refractivity contribution in [2.75, 3.05) is 18.4 Å². The molecule has 0 spiro atoms. The van der Waals surface area contributed by atoms with Crippen LogP contribution in [0.1, 0.15) is 0 Å². The van der Waals surface area contributed by atoms with Gasteiger partial charge in [-0.15, -0.1) is 13.2 Å². The van der Waals surface area contributed by atoms with E-state index in [0.717, 1.165) is 0 Å². The Hall–Kier alpha value is -2.63. The molecule has 0 bridgehead atoms. The standard InChI is InChI=1S/C13H15N3O3/c1-3-8-15(9-4-2)13(17)14-11-6-5-7-12(10-11)16(18)19/h3-7,10H,1-2,8-9H2,(H,14,17). The van der Waals surface area contributed by atoms with Gasteiger partial charge in [0.25, 0.3) is 5.69 Å². The van der Waals surface area contributed by atoms with Gasteiger partial charge < -0.3 is 10.2 Å². The number of hydrogen-bond donors (Lipinski definition) is 1. The molecule has 0 heterocycles. The van der Waals surface area contributed by atoms with E-state index in [-0.39, 0.29) is 11.7 Å². The number of carbonyl (C=O) groups is 1. The molecular formula is C13H15N3O3. The lowest BCUT2D eigenvalue weighted by Crippen LogP contribution is -2.35. The zero-order valence-corrected chi connectivity index (χ0v) is 10.4. The van der Waals surface area contributed by atoms with Gasteiger partial charge >= 0.3 is 6.03 Å². The van der Waals surface area contributed by atoms with E-state index in [4.69, 9.17) is 0 Å². The van der Waals surface area contributed by atoms with E-state index in [1.165, 1.54) is 23.1 Å². The third-order valence-electron chi connectivity index (χ3n) is 2.29. The van der Waals surface area contributed by atoms with Gasteiger partial charge in [0.1, 0.15) is 0 Å². The Morgan fingerprint density at radius 2 is 2.00 bits per heavy atom. The highest BCUT2D eigenvalue weighted by Crippen LogP contribution is 2.17. The molecule has 100 valence electrons. The van der Waals surface area contributed by atoms with Crippen LogP contribution in [0.2, 0.25) is 0 Å². The zero-order chi connectivity index (χ0) is 14.3. The number of nitro benzene ring substituents is 1. The summed E-state index contributed by atoms with van der Waals surface area (Å²) in [6, 6.07) is 5.41. The predicted molar refractivity (Wildman–Crippen MR) is 74.1 cm³/mol. The molecule has 0 aliphatic heterocycles. The van der Waals surface area contributed by atoms with Crippen molar-refractivity contribution in [3.8, 4) is 0 Å². The molecule has 0 aliphatic carbocycles. The summed E-state index contributed by atoms with van der Waals surface area (Å²) >= 11 is 0. The van der Waals surface area contributed by atoms with E-state index in [0.29, 0.717) is 18.8 Å². The smallest absolute Gasteiger partial charge is 0.317 e. The monoisotopic (exact) mass is 261 g/mol. The van der Waals surface area contributed by atoms with Crippen molar-refractivity contribution >= 4 is 17.4 Å². The maximum absolute atomic E-state index is 11.9. The minimum absolute atomic E-state index is 0.0724. The van der Waals surface area contributed by atoms with Gasteiger partial charge in [0.05, 0.1) is 4.92 Å². The molecule has 1 aromatic carbocycles. The van der Waals surface area contributed by atoms with Crippen molar-refractivity contribution in [1.82, 2.24) is 4.90 Å².